The summed E-state index contributed by atoms with van der Waals surface area (Å²) in [7, 11) is 0. The molecule has 2 heteroatoms. The molecule has 0 atom stereocenters. The zero-order chi connectivity index (χ0) is 18.1. The summed E-state index contributed by atoms with van der Waals surface area (Å²) < 4.78 is 13.0. The SMILES string of the molecule is CCCN(CCCc1ccc(F)cc1)CCc1ccc(C)c(CC)c1. The summed E-state index contributed by atoms with van der Waals surface area (Å²) in [5, 5.41) is 0. The summed E-state index contributed by atoms with van der Waals surface area (Å²) in [6, 6.07) is 13.8. The van der Waals surface area contributed by atoms with E-state index < -0.39 is 0 Å². The average Bonchev–Trinajstić information content (AvgIpc) is 2.62. The Bertz CT molecular complexity index is 633. The number of hydrogen-bond donors (Lipinski definition) is 0. The molecule has 0 N–H and O–H groups in total. The molecule has 0 aromatic heterocycles. The van der Waals surface area contributed by atoms with Gasteiger partial charge < -0.3 is 4.90 Å². The standard InChI is InChI=1S/C23H32FN/c1-4-15-25(16-6-7-20-10-12-23(24)13-11-20)17-14-21-9-8-19(3)22(5-2)18-21/h8-13,18H,4-7,14-17H2,1-3H3. The van der Waals surface area contributed by atoms with Gasteiger partial charge in [0.25, 0.3) is 0 Å². The molecule has 2 rings (SSSR count). The topological polar surface area (TPSA) is 3.24 Å². The highest BCUT2D eigenvalue weighted by Gasteiger charge is 2.06. The van der Waals surface area contributed by atoms with Crippen LogP contribution in [0.2, 0.25) is 0 Å². The van der Waals surface area contributed by atoms with E-state index in [4.69, 9.17) is 0 Å². The summed E-state index contributed by atoms with van der Waals surface area (Å²) in [6.45, 7) is 10.0. The molecule has 2 aromatic rings. The summed E-state index contributed by atoms with van der Waals surface area (Å²) >= 11 is 0. The van der Waals surface area contributed by atoms with E-state index in [1.54, 1.807) is 12.1 Å². The Morgan fingerprint density at radius 2 is 1.56 bits per heavy atom. The van der Waals surface area contributed by atoms with Gasteiger partial charge in [-0.15, -0.1) is 0 Å². The molecule has 0 amide bonds. The van der Waals surface area contributed by atoms with Gasteiger partial charge in [-0.25, -0.2) is 4.39 Å². The number of benzene rings is 2. The van der Waals surface area contributed by atoms with Gasteiger partial charge in [0.05, 0.1) is 0 Å². The van der Waals surface area contributed by atoms with Gasteiger partial charge in [0.2, 0.25) is 0 Å². The molecule has 0 saturated carbocycles. The van der Waals surface area contributed by atoms with E-state index in [9.17, 15) is 4.39 Å². The van der Waals surface area contributed by atoms with Crippen molar-refractivity contribution >= 4 is 0 Å². The molecule has 0 aliphatic rings. The third-order valence-corrected chi connectivity index (χ3v) is 4.90. The molecule has 0 radical (unpaired) electrons. The van der Waals surface area contributed by atoms with E-state index in [1.165, 1.54) is 28.7 Å². The Balaban J connectivity index is 1.82. The van der Waals surface area contributed by atoms with E-state index in [0.717, 1.165) is 45.3 Å². The lowest BCUT2D eigenvalue weighted by Crippen LogP contribution is -2.28. The van der Waals surface area contributed by atoms with Crippen LogP contribution < -0.4 is 0 Å². The van der Waals surface area contributed by atoms with E-state index in [-0.39, 0.29) is 5.82 Å². The van der Waals surface area contributed by atoms with Crippen LogP contribution in [0.15, 0.2) is 42.5 Å². The second kappa shape index (κ2) is 10.4. The van der Waals surface area contributed by atoms with Crippen molar-refractivity contribution in [3.05, 3.63) is 70.5 Å². The summed E-state index contributed by atoms with van der Waals surface area (Å²) in [5.41, 5.74) is 5.54. The van der Waals surface area contributed by atoms with Gasteiger partial charge in [0.1, 0.15) is 5.82 Å². The van der Waals surface area contributed by atoms with Crippen molar-refractivity contribution in [2.75, 3.05) is 19.6 Å². The van der Waals surface area contributed by atoms with Crippen molar-refractivity contribution in [1.29, 1.82) is 0 Å². The lowest BCUT2D eigenvalue weighted by molar-refractivity contribution is 0.274. The van der Waals surface area contributed by atoms with Crippen molar-refractivity contribution in [1.82, 2.24) is 4.90 Å². The summed E-state index contributed by atoms with van der Waals surface area (Å²) in [6.07, 6.45) is 5.55. The second-order valence-electron chi connectivity index (χ2n) is 6.94. The molecule has 0 saturated heterocycles. The Labute approximate surface area is 152 Å². The second-order valence-corrected chi connectivity index (χ2v) is 6.94. The molecule has 0 fully saturated rings. The van der Waals surface area contributed by atoms with Gasteiger partial charge in [-0.3, -0.25) is 0 Å². The minimum atomic E-state index is -0.152. The van der Waals surface area contributed by atoms with Crippen LogP contribution in [0.5, 0.6) is 0 Å². The first-order chi connectivity index (χ1) is 12.1. The fourth-order valence-electron chi connectivity index (χ4n) is 3.36. The van der Waals surface area contributed by atoms with Crippen LogP contribution in [-0.4, -0.2) is 24.5 Å². The maximum absolute atomic E-state index is 13.0. The first-order valence-corrected chi connectivity index (χ1v) is 9.67. The first kappa shape index (κ1) is 19.7. The van der Waals surface area contributed by atoms with Gasteiger partial charge in [-0.1, -0.05) is 44.2 Å². The van der Waals surface area contributed by atoms with Gasteiger partial charge in [0.15, 0.2) is 0 Å². The third-order valence-electron chi connectivity index (χ3n) is 4.90. The zero-order valence-corrected chi connectivity index (χ0v) is 16.0. The van der Waals surface area contributed by atoms with E-state index in [2.05, 4.69) is 43.9 Å². The highest BCUT2D eigenvalue weighted by molar-refractivity contribution is 5.31. The highest BCUT2D eigenvalue weighted by atomic mass is 19.1. The molecule has 0 spiro atoms. The number of rotatable bonds is 10. The quantitative estimate of drug-likeness (QED) is 0.545. The number of aryl methyl sites for hydroxylation is 3. The molecule has 1 nitrogen and oxygen atoms in total. The largest absolute Gasteiger partial charge is 0.303 e. The minimum absolute atomic E-state index is 0.152. The predicted molar refractivity (Wildman–Crippen MR) is 106 cm³/mol. The number of nitrogens with zero attached hydrogens (tertiary/aromatic N) is 1. The van der Waals surface area contributed by atoms with E-state index >= 15 is 0 Å². The normalized spacial score (nSPS) is 11.2. The zero-order valence-electron chi connectivity index (χ0n) is 16.0. The van der Waals surface area contributed by atoms with Crippen molar-refractivity contribution < 1.29 is 4.39 Å². The van der Waals surface area contributed by atoms with E-state index in [1.807, 2.05) is 12.1 Å². The van der Waals surface area contributed by atoms with Crippen LogP contribution in [-0.2, 0) is 19.3 Å². The van der Waals surface area contributed by atoms with E-state index in [0.29, 0.717) is 0 Å². The summed E-state index contributed by atoms with van der Waals surface area (Å²) in [5.74, 6) is -0.152. The van der Waals surface area contributed by atoms with Crippen LogP contribution >= 0.6 is 0 Å². The third kappa shape index (κ3) is 6.62. The fraction of sp³-hybridized carbons (Fsp3) is 0.478. The maximum atomic E-state index is 13.0. The average molecular weight is 342 g/mol. The van der Waals surface area contributed by atoms with Crippen molar-refractivity contribution in [2.24, 2.45) is 0 Å². The smallest absolute Gasteiger partial charge is 0.123 e. The molecule has 0 unspecified atom stereocenters. The molecule has 25 heavy (non-hydrogen) atoms. The predicted octanol–water partition coefficient (Wildman–Crippen LogP) is 5.58. The Morgan fingerprint density at radius 1 is 0.840 bits per heavy atom. The van der Waals surface area contributed by atoms with Crippen molar-refractivity contribution in [3.63, 3.8) is 0 Å². The molecule has 0 bridgehead atoms. The maximum Gasteiger partial charge on any atom is 0.123 e. The molecule has 0 aliphatic carbocycles. The molecule has 136 valence electrons. The fourth-order valence-corrected chi connectivity index (χ4v) is 3.36. The molecule has 0 aliphatic heterocycles. The van der Waals surface area contributed by atoms with Crippen LogP contribution in [0.4, 0.5) is 4.39 Å². The minimum Gasteiger partial charge on any atom is -0.303 e. The highest BCUT2D eigenvalue weighted by Crippen LogP contribution is 2.13. The Kier molecular flexibility index (Phi) is 8.14. The Morgan fingerprint density at radius 3 is 2.24 bits per heavy atom. The molecular formula is C23H32FN. The van der Waals surface area contributed by atoms with Gasteiger partial charge in [0, 0.05) is 6.54 Å². The van der Waals surface area contributed by atoms with Crippen LogP contribution in [0.25, 0.3) is 0 Å². The Hall–Kier alpha value is -1.67. The lowest BCUT2D eigenvalue weighted by Gasteiger charge is -2.22. The van der Waals surface area contributed by atoms with Gasteiger partial charge in [-0.2, -0.15) is 0 Å². The monoisotopic (exact) mass is 341 g/mol. The van der Waals surface area contributed by atoms with Crippen LogP contribution in [0.1, 0.15) is 48.9 Å². The van der Waals surface area contributed by atoms with Crippen LogP contribution in [0.3, 0.4) is 0 Å². The lowest BCUT2D eigenvalue weighted by atomic mass is 10.0. The van der Waals surface area contributed by atoms with Crippen molar-refractivity contribution in [2.45, 2.75) is 52.9 Å². The molecular weight excluding hydrogens is 309 g/mol. The first-order valence-electron chi connectivity index (χ1n) is 9.67. The van der Waals surface area contributed by atoms with Crippen molar-refractivity contribution in [3.8, 4) is 0 Å². The molecule has 2 aromatic carbocycles. The van der Waals surface area contributed by atoms with Crippen LogP contribution in [0, 0.1) is 12.7 Å². The number of halogens is 1. The van der Waals surface area contributed by atoms with Gasteiger partial charge in [-0.05, 0) is 86.5 Å². The molecule has 0 heterocycles. The number of hydrogen-bond acceptors (Lipinski definition) is 1. The van der Waals surface area contributed by atoms with Gasteiger partial charge >= 0.3 is 0 Å². The summed E-state index contributed by atoms with van der Waals surface area (Å²) in [4.78, 5) is 2.56.